The summed E-state index contributed by atoms with van der Waals surface area (Å²) >= 11 is 0. The van der Waals surface area contributed by atoms with Crippen LogP contribution in [0.15, 0.2) is 29.3 Å². The van der Waals surface area contributed by atoms with Gasteiger partial charge >= 0.3 is 0 Å². The smallest absolute Gasteiger partial charge is 0.191 e. The second-order valence-electron chi connectivity index (χ2n) is 8.13. The van der Waals surface area contributed by atoms with Crippen LogP contribution in [0.5, 0.6) is 0 Å². The molecule has 2 fully saturated rings. The molecule has 2 saturated heterocycles. The lowest BCUT2D eigenvalue weighted by Crippen LogP contribution is -2.44. The molecule has 0 bridgehead atoms. The van der Waals surface area contributed by atoms with Crippen LogP contribution in [0.1, 0.15) is 38.3 Å². The van der Waals surface area contributed by atoms with Gasteiger partial charge in [0.2, 0.25) is 0 Å². The Bertz CT molecular complexity index is 629. The van der Waals surface area contributed by atoms with E-state index in [1.54, 1.807) is 0 Å². The van der Waals surface area contributed by atoms with Gasteiger partial charge in [-0.1, -0.05) is 19.1 Å². The predicted octanol–water partition coefficient (Wildman–Crippen LogP) is 3.10. The molecular weight excluding hydrogens is 477 g/mol. The Balaban J connectivity index is 0.00000300. The van der Waals surface area contributed by atoms with E-state index in [0.29, 0.717) is 5.92 Å². The molecule has 0 aliphatic carbocycles. The maximum Gasteiger partial charge on any atom is 0.191 e. The molecule has 2 heterocycles. The van der Waals surface area contributed by atoms with Gasteiger partial charge in [0.15, 0.2) is 5.96 Å². The summed E-state index contributed by atoms with van der Waals surface area (Å²) in [5.41, 5.74) is 2.64. The number of nitrogens with one attached hydrogen (secondary N) is 2. The number of nitrogens with zero attached hydrogens (tertiary/aromatic N) is 3. The largest absolute Gasteiger partial charge is 0.379 e. The van der Waals surface area contributed by atoms with E-state index < -0.39 is 0 Å². The fourth-order valence-corrected chi connectivity index (χ4v) is 4.01. The standard InChI is InChI=1S/C22H37N5O.HI/c1-18(17-26-11-13-28-14-12-26)16-24-22(23-3)25-19(2)20-7-6-8-21(15-20)27-9-4-5-10-27;/h6-8,15,18-19H,4-5,9-14,16-17H2,1-3H3,(H2,23,24,25);1H. The number of hydrogen-bond acceptors (Lipinski definition) is 4. The van der Waals surface area contributed by atoms with Crippen LogP contribution < -0.4 is 15.5 Å². The lowest BCUT2D eigenvalue weighted by Gasteiger charge is -2.29. The number of ether oxygens (including phenoxy) is 1. The number of halogens is 1. The highest BCUT2D eigenvalue weighted by molar-refractivity contribution is 14.0. The van der Waals surface area contributed by atoms with E-state index in [-0.39, 0.29) is 30.0 Å². The predicted molar refractivity (Wildman–Crippen MR) is 133 cm³/mol. The first kappa shape index (κ1) is 24.2. The van der Waals surface area contributed by atoms with E-state index in [2.05, 4.69) is 63.5 Å². The Morgan fingerprint density at radius 3 is 2.55 bits per heavy atom. The number of hydrogen-bond donors (Lipinski definition) is 2. The Morgan fingerprint density at radius 1 is 1.14 bits per heavy atom. The first-order valence-electron chi connectivity index (χ1n) is 10.8. The molecule has 3 rings (SSSR count). The van der Waals surface area contributed by atoms with Crippen LogP contribution in [0.25, 0.3) is 0 Å². The Morgan fingerprint density at radius 2 is 1.86 bits per heavy atom. The second-order valence-corrected chi connectivity index (χ2v) is 8.13. The summed E-state index contributed by atoms with van der Waals surface area (Å²) < 4.78 is 5.43. The van der Waals surface area contributed by atoms with Crippen LogP contribution in [0.2, 0.25) is 0 Å². The molecule has 1 aromatic rings. The Labute approximate surface area is 193 Å². The highest BCUT2D eigenvalue weighted by Crippen LogP contribution is 2.23. The molecular formula is C22H38IN5O. The lowest BCUT2D eigenvalue weighted by molar-refractivity contribution is 0.0320. The van der Waals surface area contributed by atoms with Gasteiger partial charge in [-0.2, -0.15) is 0 Å². The van der Waals surface area contributed by atoms with Crippen molar-refractivity contribution in [1.29, 1.82) is 0 Å². The molecule has 2 aliphatic heterocycles. The summed E-state index contributed by atoms with van der Waals surface area (Å²) in [5.74, 6) is 1.43. The van der Waals surface area contributed by atoms with Crippen molar-refractivity contribution in [2.45, 2.75) is 32.7 Å². The summed E-state index contributed by atoms with van der Waals surface area (Å²) in [6.45, 7) is 12.7. The summed E-state index contributed by atoms with van der Waals surface area (Å²) in [6, 6.07) is 9.12. The van der Waals surface area contributed by atoms with Gasteiger partial charge in [-0.3, -0.25) is 9.89 Å². The van der Waals surface area contributed by atoms with E-state index in [9.17, 15) is 0 Å². The van der Waals surface area contributed by atoms with E-state index >= 15 is 0 Å². The molecule has 2 N–H and O–H groups in total. The highest BCUT2D eigenvalue weighted by Gasteiger charge is 2.16. The van der Waals surface area contributed by atoms with Gasteiger partial charge in [0.25, 0.3) is 0 Å². The molecule has 0 aromatic heterocycles. The third-order valence-corrected chi connectivity index (χ3v) is 5.71. The number of anilines is 1. The summed E-state index contributed by atoms with van der Waals surface area (Å²) in [7, 11) is 1.84. The number of morpholine rings is 1. The molecule has 164 valence electrons. The van der Waals surface area contributed by atoms with Crippen molar-refractivity contribution in [3.8, 4) is 0 Å². The topological polar surface area (TPSA) is 52.1 Å². The molecule has 7 heteroatoms. The monoisotopic (exact) mass is 515 g/mol. The van der Waals surface area contributed by atoms with Crippen LogP contribution in [0, 0.1) is 5.92 Å². The minimum absolute atomic E-state index is 0. The zero-order valence-corrected chi connectivity index (χ0v) is 20.5. The Kier molecular flexibility index (Phi) is 10.5. The Hall–Kier alpha value is -1.06. The van der Waals surface area contributed by atoms with E-state index in [4.69, 9.17) is 4.74 Å². The third-order valence-electron chi connectivity index (χ3n) is 5.71. The van der Waals surface area contributed by atoms with Crippen molar-refractivity contribution in [2.75, 3.05) is 64.4 Å². The fourth-order valence-electron chi connectivity index (χ4n) is 4.01. The molecule has 0 radical (unpaired) electrons. The van der Waals surface area contributed by atoms with E-state index in [1.807, 2.05) is 7.05 Å². The van der Waals surface area contributed by atoms with Gasteiger partial charge in [0.1, 0.15) is 0 Å². The molecule has 2 unspecified atom stereocenters. The van der Waals surface area contributed by atoms with Crippen molar-refractivity contribution in [2.24, 2.45) is 10.9 Å². The van der Waals surface area contributed by atoms with Crippen LogP contribution in [0.4, 0.5) is 5.69 Å². The average molecular weight is 515 g/mol. The lowest BCUT2D eigenvalue weighted by atomic mass is 10.1. The normalized spacial score (nSPS) is 20.1. The first-order chi connectivity index (χ1) is 13.7. The van der Waals surface area contributed by atoms with Crippen molar-refractivity contribution < 1.29 is 4.74 Å². The fraction of sp³-hybridized carbons (Fsp3) is 0.682. The zero-order valence-electron chi connectivity index (χ0n) is 18.2. The maximum atomic E-state index is 5.43. The zero-order chi connectivity index (χ0) is 19.8. The van der Waals surface area contributed by atoms with Gasteiger partial charge < -0.3 is 20.3 Å². The van der Waals surface area contributed by atoms with Crippen LogP contribution in [-0.4, -0.2) is 70.4 Å². The molecule has 29 heavy (non-hydrogen) atoms. The van der Waals surface area contributed by atoms with Crippen molar-refractivity contribution in [1.82, 2.24) is 15.5 Å². The quantitative estimate of drug-likeness (QED) is 0.332. The van der Waals surface area contributed by atoms with E-state index in [1.165, 1.54) is 37.2 Å². The summed E-state index contributed by atoms with van der Waals surface area (Å²) in [5, 5.41) is 7.05. The molecule has 2 atom stereocenters. The van der Waals surface area contributed by atoms with Gasteiger partial charge in [-0.15, -0.1) is 24.0 Å². The van der Waals surface area contributed by atoms with Crippen LogP contribution in [-0.2, 0) is 4.74 Å². The molecule has 6 nitrogen and oxygen atoms in total. The molecule has 0 amide bonds. The summed E-state index contributed by atoms with van der Waals surface area (Å²) in [6.07, 6.45) is 2.61. The molecule has 2 aliphatic rings. The second kappa shape index (κ2) is 12.6. The van der Waals surface area contributed by atoms with Crippen molar-refractivity contribution in [3.63, 3.8) is 0 Å². The first-order valence-corrected chi connectivity index (χ1v) is 10.8. The average Bonchev–Trinajstić information content (AvgIpc) is 3.27. The maximum absolute atomic E-state index is 5.43. The number of aliphatic imine (C=N–C) groups is 1. The molecule has 0 saturated carbocycles. The van der Waals surface area contributed by atoms with Crippen molar-refractivity contribution >= 4 is 35.6 Å². The van der Waals surface area contributed by atoms with Gasteiger partial charge in [0.05, 0.1) is 19.3 Å². The number of guanidine groups is 1. The minimum Gasteiger partial charge on any atom is -0.379 e. The van der Waals surface area contributed by atoms with Gasteiger partial charge in [-0.25, -0.2) is 0 Å². The number of benzene rings is 1. The van der Waals surface area contributed by atoms with Crippen LogP contribution >= 0.6 is 24.0 Å². The highest BCUT2D eigenvalue weighted by atomic mass is 127. The van der Waals surface area contributed by atoms with Gasteiger partial charge in [0, 0.05) is 52.0 Å². The van der Waals surface area contributed by atoms with E-state index in [0.717, 1.165) is 45.4 Å². The SMILES string of the molecule is CN=C(NCC(C)CN1CCOCC1)NC(C)c1cccc(N2CCCC2)c1.I. The van der Waals surface area contributed by atoms with Crippen molar-refractivity contribution in [3.05, 3.63) is 29.8 Å². The van der Waals surface area contributed by atoms with Gasteiger partial charge in [-0.05, 0) is 43.4 Å². The number of rotatable bonds is 7. The summed E-state index contributed by atoms with van der Waals surface area (Å²) in [4.78, 5) is 9.39. The molecule has 0 spiro atoms. The third kappa shape index (κ3) is 7.61. The molecule has 1 aromatic carbocycles. The minimum atomic E-state index is 0. The van der Waals surface area contributed by atoms with Crippen LogP contribution in [0.3, 0.4) is 0 Å².